The average molecular weight is 423 g/mol. The number of aromatic amines is 1. The second-order valence-electron chi connectivity index (χ2n) is 7.42. The van der Waals surface area contributed by atoms with Crippen molar-refractivity contribution < 1.29 is 14.3 Å². The molecule has 1 aliphatic rings. The maximum atomic E-state index is 12.8. The van der Waals surface area contributed by atoms with E-state index in [1.807, 2.05) is 0 Å². The minimum absolute atomic E-state index is 0.172. The first-order valence-corrected chi connectivity index (χ1v) is 10.3. The van der Waals surface area contributed by atoms with Gasteiger partial charge in [-0.2, -0.15) is 0 Å². The van der Waals surface area contributed by atoms with E-state index >= 15 is 0 Å². The Kier molecular flexibility index (Phi) is 6.42. The molecule has 3 aromatic heterocycles. The van der Waals surface area contributed by atoms with Gasteiger partial charge in [0.1, 0.15) is 0 Å². The fraction of sp³-hybridized carbons (Fsp3) is 0.364. The van der Waals surface area contributed by atoms with Gasteiger partial charge in [0, 0.05) is 44.4 Å². The molecular formula is C22H25N5O4. The summed E-state index contributed by atoms with van der Waals surface area (Å²) in [5, 5.41) is 5.85. The monoisotopic (exact) mass is 423 g/mol. The summed E-state index contributed by atoms with van der Waals surface area (Å²) >= 11 is 0. The Labute approximate surface area is 179 Å². The summed E-state index contributed by atoms with van der Waals surface area (Å²) in [6, 6.07) is 6.73. The van der Waals surface area contributed by atoms with Crippen molar-refractivity contribution in [2.24, 2.45) is 5.92 Å². The van der Waals surface area contributed by atoms with Crippen LogP contribution in [0.25, 0.3) is 16.9 Å². The zero-order valence-corrected chi connectivity index (χ0v) is 17.3. The van der Waals surface area contributed by atoms with Crippen LogP contribution in [-0.2, 0) is 4.74 Å². The summed E-state index contributed by atoms with van der Waals surface area (Å²) in [6.45, 7) is 2.23. The van der Waals surface area contributed by atoms with E-state index in [4.69, 9.17) is 9.47 Å². The molecule has 4 rings (SSSR count). The lowest BCUT2D eigenvalue weighted by atomic mass is 9.97. The van der Waals surface area contributed by atoms with Crippen molar-refractivity contribution in [3.05, 3.63) is 58.8 Å². The van der Waals surface area contributed by atoms with E-state index in [0.29, 0.717) is 40.9 Å². The van der Waals surface area contributed by atoms with Crippen LogP contribution in [0.1, 0.15) is 29.6 Å². The smallest absolute Gasteiger partial charge is 0.280 e. The van der Waals surface area contributed by atoms with E-state index in [1.165, 1.54) is 18.0 Å². The largest absolute Gasteiger partial charge is 0.481 e. The van der Waals surface area contributed by atoms with Gasteiger partial charge in [0.25, 0.3) is 11.5 Å². The highest BCUT2D eigenvalue weighted by atomic mass is 16.5. The molecule has 0 unspecified atom stereocenters. The summed E-state index contributed by atoms with van der Waals surface area (Å²) in [4.78, 5) is 33.5. The van der Waals surface area contributed by atoms with E-state index in [1.54, 1.807) is 36.7 Å². The van der Waals surface area contributed by atoms with E-state index in [2.05, 4.69) is 20.4 Å². The lowest BCUT2D eigenvalue weighted by Gasteiger charge is -2.21. The van der Waals surface area contributed by atoms with E-state index in [9.17, 15) is 9.59 Å². The van der Waals surface area contributed by atoms with Gasteiger partial charge in [-0.3, -0.25) is 14.7 Å². The number of ether oxygens (including phenoxy) is 2. The SMILES string of the molecule is COc1cc(-c2c[nH]n(-c3ccc(C(=O)NCCC4CCOCC4)cn3)c2=O)ccn1. The second-order valence-corrected chi connectivity index (χ2v) is 7.42. The topological polar surface area (TPSA) is 111 Å². The molecule has 0 bridgehead atoms. The first kappa shape index (κ1) is 20.8. The van der Waals surface area contributed by atoms with E-state index in [-0.39, 0.29) is 11.5 Å². The van der Waals surface area contributed by atoms with Crippen molar-refractivity contribution in [1.82, 2.24) is 25.1 Å². The molecule has 0 saturated carbocycles. The third-order valence-corrected chi connectivity index (χ3v) is 5.44. The molecule has 9 nitrogen and oxygen atoms in total. The molecule has 31 heavy (non-hydrogen) atoms. The molecule has 9 heteroatoms. The number of hydrogen-bond acceptors (Lipinski definition) is 6. The predicted molar refractivity (Wildman–Crippen MR) is 114 cm³/mol. The number of rotatable bonds is 7. The number of methoxy groups -OCH3 is 1. The van der Waals surface area contributed by atoms with Gasteiger partial charge in [-0.05, 0) is 48.9 Å². The molecule has 0 aromatic carbocycles. The van der Waals surface area contributed by atoms with Gasteiger partial charge in [0.2, 0.25) is 5.88 Å². The van der Waals surface area contributed by atoms with Gasteiger partial charge in [-0.1, -0.05) is 0 Å². The van der Waals surface area contributed by atoms with E-state index in [0.717, 1.165) is 32.5 Å². The minimum Gasteiger partial charge on any atom is -0.481 e. The number of nitrogens with zero attached hydrogens (tertiary/aromatic N) is 3. The lowest BCUT2D eigenvalue weighted by Crippen LogP contribution is -2.27. The number of aromatic nitrogens is 4. The first-order valence-electron chi connectivity index (χ1n) is 10.3. The van der Waals surface area contributed by atoms with Crippen LogP contribution in [0, 0.1) is 5.92 Å². The molecule has 0 spiro atoms. The van der Waals surface area contributed by atoms with Gasteiger partial charge < -0.3 is 14.8 Å². The first-order chi connectivity index (χ1) is 15.2. The Morgan fingerprint density at radius 2 is 2.13 bits per heavy atom. The van der Waals surface area contributed by atoms with Crippen molar-refractivity contribution >= 4 is 5.91 Å². The molecule has 0 radical (unpaired) electrons. The maximum Gasteiger partial charge on any atom is 0.280 e. The number of hydrogen-bond donors (Lipinski definition) is 2. The van der Waals surface area contributed by atoms with Gasteiger partial charge in [-0.25, -0.2) is 14.6 Å². The molecule has 0 aliphatic carbocycles. The fourth-order valence-electron chi connectivity index (χ4n) is 3.62. The molecule has 0 atom stereocenters. The number of pyridine rings is 2. The number of carbonyl (C=O) groups is 1. The molecule has 162 valence electrons. The Morgan fingerprint density at radius 1 is 1.29 bits per heavy atom. The van der Waals surface area contributed by atoms with Crippen molar-refractivity contribution in [2.75, 3.05) is 26.9 Å². The van der Waals surface area contributed by atoms with Crippen LogP contribution in [0.3, 0.4) is 0 Å². The highest BCUT2D eigenvalue weighted by Gasteiger charge is 2.15. The maximum absolute atomic E-state index is 12.8. The van der Waals surface area contributed by atoms with Crippen LogP contribution in [0.15, 0.2) is 47.7 Å². The number of amides is 1. The van der Waals surface area contributed by atoms with Crippen molar-refractivity contribution in [3.63, 3.8) is 0 Å². The highest BCUT2D eigenvalue weighted by molar-refractivity contribution is 5.93. The molecule has 4 heterocycles. The third-order valence-electron chi connectivity index (χ3n) is 5.44. The molecule has 1 fully saturated rings. The Bertz CT molecular complexity index is 1080. The average Bonchev–Trinajstić information content (AvgIpc) is 3.21. The normalized spacial score (nSPS) is 14.4. The van der Waals surface area contributed by atoms with Gasteiger partial charge in [0.15, 0.2) is 5.82 Å². The van der Waals surface area contributed by atoms with Gasteiger partial charge >= 0.3 is 0 Å². The summed E-state index contributed by atoms with van der Waals surface area (Å²) < 4.78 is 11.8. The van der Waals surface area contributed by atoms with Crippen LogP contribution in [0.2, 0.25) is 0 Å². The summed E-state index contributed by atoms with van der Waals surface area (Å²) in [5.41, 5.74) is 1.36. The molecular weight excluding hydrogens is 398 g/mol. The van der Waals surface area contributed by atoms with Crippen LogP contribution < -0.4 is 15.6 Å². The van der Waals surface area contributed by atoms with Crippen molar-refractivity contribution in [1.29, 1.82) is 0 Å². The van der Waals surface area contributed by atoms with E-state index < -0.39 is 0 Å². The predicted octanol–water partition coefficient (Wildman–Crippen LogP) is 2.18. The fourth-order valence-corrected chi connectivity index (χ4v) is 3.62. The third kappa shape index (κ3) is 4.83. The zero-order chi connectivity index (χ0) is 21.6. The molecule has 1 amide bonds. The van der Waals surface area contributed by atoms with Gasteiger partial charge in [-0.15, -0.1) is 0 Å². The van der Waals surface area contributed by atoms with Crippen LogP contribution in [-0.4, -0.2) is 52.5 Å². The van der Waals surface area contributed by atoms with Crippen molar-refractivity contribution in [2.45, 2.75) is 19.3 Å². The molecule has 3 aromatic rings. The Hall–Kier alpha value is -3.46. The summed E-state index contributed by atoms with van der Waals surface area (Å²) in [6.07, 6.45) is 7.70. The highest BCUT2D eigenvalue weighted by Crippen LogP contribution is 2.19. The standard InChI is InChI=1S/C22H25N5O4/c1-30-20-12-16(5-9-23-20)18-14-26-27(22(18)29)19-3-2-17(13-25-19)21(28)24-8-4-15-6-10-31-11-7-15/h2-3,5,9,12-15,26H,4,6-8,10-11H2,1H3,(H,24,28). The van der Waals surface area contributed by atoms with Crippen molar-refractivity contribution in [3.8, 4) is 22.8 Å². The quantitative estimate of drug-likeness (QED) is 0.603. The van der Waals surface area contributed by atoms with Crippen LogP contribution >= 0.6 is 0 Å². The lowest BCUT2D eigenvalue weighted by molar-refractivity contribution is 0.0636. The van der Waals surface area contributed by atoms with Crippen LogP contribution in [0.5, 0.6) is 5.88 Å². The minimum atomic E-state index is -0.255. The summed E-state index contributed by atoms with van der Waals surface area (Å²) in [7, 11) is 1.52. The number of carbonyl (C=O) groups excluding carboxylic acids is 1. The molecule has 1 aliphatic heterocycles. The number of nitrogens with one attached hydrogen (secondary N) is 2. The Morgan fingerprint density at radius 3 is 2.87 bits per heavy atom. The molecule has 2 N–H and O–H groups in total. The molecule has 1 saturated heterocycles. The summed E-state index contributed by atoms with van der Waals surface area (Å²) in [5.74, 6) is 1.25. The zero-order valence-electron chi connectivity index (χ0n) is 17.3. The van der Waals surface area contributed by atoms with Gasteiger partial charge in [0.05, 0.1) is 18.2 Å². The Balaban J connectivity index is 1.41. The van der Waals surface area contributed by atoms with Crippen LogP contribution in [0.4, 0.5) is 0 Å². The number of H-pyrrole nitrogens is 1. The second kappa shape index (κ2) is 9.57.